The van der Waals surface area contributed by atoms with Crippen LogP contribution in [0.2, 0.25) is 0 Å². The van der Waals surface area contributed by atoms with Crippen molar-refractivity contribution >= 4 is 22.6 Å². The van der Waals surface area contributed by atoms with E-state index in [1.807, 2.05) is 56.3 Å². The molecule has 0 spiro atoms. The topological polar surface area (TPSA) is 92.4 Å². The standard InChI is InChI=1S/C22H24N2O4/c1-14-19(15(2)28-24-14)10-11-21(25)23-13-18(22(26)27)12-17-8-5-7-16-6-3-4-9-20(16)17/h3-9,18H,10-13H2,1-2H3,(H,23,25)(H,26,27). The summed E-state index contributed by atoms with van der Waals surface area (Å²) in [5.41, 5.74) is 2.68. The van der Waals surface area contributed by atoms with Crippen LogP contribution in [0.5, 0.6) is 0 Å². The first-order chi connectivity index (χ1) is 13.5. The summed E-state index contributed by atoms with van der Waals surface area (Å²) in [4.78, 5) is 23.9. The number of carbonyl (C=O) groups excluding carboxylic acids is 1. The Hall–Kier alpha value is -3.15. The summed E-state index contributed by atoms with van der Waals surface area (Å²) in [6.07, 6.45) is 1.15. The lowest BCUT2D eigenvalue weighted by Crippen LogP contribution is -2.34. The van der Waals surface area contributed by atoms with E-state index in [1.165, 1.54) is 0 Å². The zero-order valence-corrected chi connectivity index (χ0v) is 16.1. The zero-order valence-electron chi connectivity index (χ0n) is 16.1. The van der Waals surface area contributed by atoms with Gasteiger partial charge in [0.05, 0.1) is 11.6 Å². The maximum atomic E-state index is 12.2. The molecule has 1 atom stereocenters. The summed E-state index contributed by atoms with van der Waals surface area (Å²) in [5.74, 6) is -1.07. The van der Waals surface area contributed by atoms with Crippen molar-refractivity contribution in [3.05, 3.63) is 65.0 Å². The van der Waals surface area contributed by atoms with Crippen molar-refractivity contribution in [3.63, 3.8) is 0 Å². The summed E-state index contributed by atoms with van der Waals surface area (Å²) in [6.45, 7) is 3.76. The van der Waals surface area contributed by atoms with Crippen LogP contribution in [0, 0.1) is 19.8 Å². The van der Waals surface area contributed by atoms with Crippen LogP contribution in [0.3, 0.4) is 0 Å². The predicted molar refractivity (Wildman–Crippen MR) is 106 cm³/mol. The molecule has 1 unspecified atom stereocenters. The lowest BCUT2D eigenvalue weighted by atomic mass is 9.94. The Balaban J connectivity index is 1.60. The largest absolute Gasteiger partial charge is 0.481 e. The van der Waals surface area contributed by atoms with E-state index < -0.39 is 11.9 Å². The van der Waals surface area contributed by atoms with Crippen LogP contribution in [-0.2, 0) is 22.4 Å². The second kappa shape index (κ2) is 8.69. The minimum absolute atomic E-state index is 0.0962. The van der Waals surface area contributed by atoms with Crippen LogP contribution in [-0.4, -0.2) is 28.7 Å². The SMILES string of the molecule is Cc1noc(C)c1CCC(=O)NCC(Cc1cccc2ccccc12)C(=O)O. The summed E-state index contributed by atoms with van der Waals surface area (Å²) in [6, 6.07) is 13.8. The van der Waals surface area contributed by atoms with Crippen molar-refractivity contribution in [3.8, 4) is 0 Å². The van der Waals surface area contributed by atoms with Gasteiger partial charge in [-0.3, -0.25) is 9.59 Å². The summed E-state index contributed by atoms with van der Waals surface area (Å²) >= 11 is 0. The van der Waals surface area contributed by atoms with Crippen molar-refractivity contribution in [2.24, 2.45) is 5.92 Å². The van der Waals surface area contributed by atoms with Crippen LogP contribution in [0.4, 0.5) is 0 Å². The lowest BCUT2D eigenvalue weighted by Gasteiger charge is -2.15. The first kappa shape index (κ1) is 19.6. The number of nitrogens with one attached hydrogen (secondary N) is 1. The molecule has 3 rings (SSSR count). The number of carbonyl (C=O) groups is 2. The van der Waals surface area contributed by atoms with E-state index in [1.54, 1.807) is 0 Å². The zero-order chi connectivity index (χ0) is 20.1. The van der Waals surface area contributed by atoms with Gasteiger partial charge in [0.1, 0.15) is 5.76 Å². The normalized spacial score (nSPS) is 12.1. The molecule has 146 valence electrons. The molecule has 3 aromatic rings. The molecule has 6 heteroatoms. The molecule has 0 saturated carbocycles. The number of amides is 1. The molecule has 0 aliphatic heterocycles. The van der Waals surface area contributed by atoms with Gasteiger partial charge in [0, 0.05) is 18.5 Å². The number of aryl methyl sites for hydroxylation is 2. The van der Waals surface area contributed by atoms with E-state index in [2.05, 4.69) is 10.5 Å². The molecule has 6 nitrogen and oxygen atoms in total. The lowest BCUT2D eigenvalue weighted by molar-refractivity contribution is -0.141. The second-order valence-electron chi connectivity index (χ2n) is 6.98. The number of rotatable bonds is 8. The molecule has 2 N–H and O–H groups in total. The first-order valence-corrected chi connectivity index (χ1v) is 9.33. The number of carboxylic acids is 1. The number of aliphatic carboxylic acids is 1. The average molecular weight is 380 g/mol. The molecule has 28 heavy (non-hydrogen) atoms. The highest BCUT2D eigenvalue weighted by atomic mass is 16.5. The van der Waals surface area contributed by atoms with Crippen molar-refractivity contribution in [1.82, 2.24) is 10.5 Å². The Morgan fingerprint density at radius 3 is 2.61 bits per heavy atom. The van der Waals surface area contributed by atoms with E-state index in [-0.39, 0.29) is 18.9 Å². The molecule has 2 aromatic carbocycles. The Morgan fingerprint density at radius 2 is 1.89 bits per heavy atom. The highest BCUT2D eigenvalue weighted by Gasteiger charge is 2.20. The Labute approximate surface area is 163 Å². The predicted octanol–water partition coefficient (Wildman–Crippen LogP) is 3.44. The Bertz CT molecular complexity index is 968. The maximum Gasteiger partial charge on any atom is 0.308 e. The molecule has 1 heterocycles. The van der Waals surface area contributed by atoms with Gasteiger partial charge in [-0.25, -0.2) is 0 Å². The summed E-state index contributed by atoms with van der Waals surface area (Å²) in [5, 5.41) is 18.4. The minimum Gasteiger partial charge on any atom is -0.481 e. The molecule has 0 fully saturated rings. The molecule has 0 saturated heterocycles. The molecule has 0 aliphatic carbocycles. The first-order valence-electron chi connectivity index (χ1n) is 9.33. The number of benzene rings is 2. The van der Waals surface area contributed by atoms with Gasteiger partial charge >= 0.3 is 5.97 Å². The fourth-order valence-corrected chi connectivity index (χ4v) is 3.41. The van der Waals surface area contributed by atoms with Gasteiger partial charge in [-0.2, -0.15) is 0 Å². The smallest absolute Gasteiger partial charge is 0.308 e. The molecule has 1 aromatic heterocycles. The fourth-order valence-electron chi connectivity index (χ4n) is 3.41. The van der Waals surface area contributed by atoms with Gasteiger partial charge in [-0.1, -0.05) is 47.6 Å². The molecule has 1 amide bonds. The average Bonchev–Trinajstić information content (AvgIpc) is 3.01. The minimum atomic E-state index is -0.918. The molecule has 0 bridgehead atoms. The van der Waals surface area contributed by atoms with Crippen molar-refractivity contribution in [2.75, 3.05) is 6.54 Å². The Kier molecular flexibility index (Phi) is 6.09. The number of hydrogen-bond acceptors (Lipinski definition) is 4. The van der Waals surface area contributed by atoms with E-state index in [4.69, 9.17) is 4.52 Å². The molecular formula is C22H24N2O4. The highest BCUT2D eigenvalue weighted by molar-refractivity contribution is 5.86. The molecule has 0 radical (unpaired) electrons. The quantitative estimate of drug-likeness (QED) is 0.624. The summed E-state index contributed by atoms with van der Waals surface area (Å²) < 4.78 is 5.10. The second-order valence-corrected chi connectivity index (χ2v) is 6.98. The number of hydrogen-bond donors (Lipinski definition) is 2. The third-order valence-electron chi connectivity index (χ3n) is 5.02. The van der Waals surface area contributed by atoms with Crippen LogP contribution >= 0.6 is 0 Å². The van der Waals surface area contributed by atoms with Crippen molar-refractivity contribution < 1.29 is 19.2 Å². The van der Waals surface area contributed by atoms with Crippen LogP contribution in [0.1, 0.15) is 29.0 Å². The van der Waals surface area contributed by atoms with E-state index in [0.717, 1.165) is 27.6 Å². The summed E-state index contributed by atoms with van der Waals surface area (Å²) in [7, 11) is 0. The third kappa shape index (κ3) is 4.57. The van der Waals surface area contributed by atoms with Gasteiger partial charge in [0.15, 0.2) is 0 Å². The number of carboxylic acid groups (broad SMARTS) is 1. The Morgan fingerprint density at radius 1 is 1.14 bits per heavy atom. The number of aromatic nitrogens is 1. The van der Waals surface area contributed by atoms with Gasteiger partial charge < -0.3 is 14.9 Å². The number of nitrogens with zero attached hydrogens (tertiary/aromatic N) is 1. The monoisotopic (exact) mass is 380 g/mol. The van der Waals surface area contributed by atoms with Crippen LogP contribution in [0.25, 0.3) is 10.8 Å². The number of fused-ring (bicyclic) bond motifs is 1. The van der Waals surface area contributed by atoms with Gasteiger partial charge in [-0.05, 0) is 43.0 Å². The van der Waals surface area contributed by atoms with Crippen LogP contribution < -0.4 is 5.32 Å². The van der Waals surface area contributed by atoms with Gasteiger partial charge in [0.2, 0.25) is 5.91 Å². The van der Waals surface area contributed by atoms with Crippen molar-refractivity contribution in [2.45, 2.75) is 33.1 Å². The van der Waals surface area contributed by atoms with E-state index in [0.29, 0.717) is 18.6 Å². The maximum absolute atomic E-state index is 12.2. The van der Waals surface area contributed by atoms with Crippen LogP contribution in [0.15, 0.2) is 47.0 Å². The molecule has 0 aliphatic rings. The highest BCUT2D eigenvalue weighted by Crippen LogP contribution is 2.21. The third-order valence-corrected chi connectivity index (χ3v) is 5.02. The van der Waals surface area contributed by atoms with Gasteiger partial charge in [-0.15, -0.1) is 0 Å². The van der Waals surface area contributed by atoms with Gasteiger partial charge in [0.25, 0.3) is 0 Å². The van der Waals surface area contributed by atoms with E-state index >= 15 is 0 Å². The van der Waals surface area contributed by atoms with Crippen molar-refractivity contribution in [1.29, 1.82) is 0 Å². The van der Waals surface area contributed by atoms with E-state index in [9.17, 15) is 14.7 Å². The molecular weight excluding hydrogens is 356 g/mol. The fraction of sp³-hybridized carbons (Fsp3) is 0.318.